The molecule has 2 N–H and O–H groups in total. The van der Waals surface area contributed by atoms with Crippen molar-refractivity contribution in [1.29, 1.82) is 0 Å². The van der Waals surface area contributed by atoms with E-state index in [1.54, 1.807) is 4.90 Å². The Morgan fingerprint density at radius 3 is 2.47 bits per heavy atom. The third-order valence-electron chi connectivity index (χ3n) is 3.06. The largest absolute Gasteiger partial charge is 0.389 e. The quantitative estimate of drug-likeness (QED) is 0.552. The van der Waals surface area contributed by atoms with Gasteiger partial charge in [0.1, 0.15) is 0 Å². The molecule has 0 saturated carbocycles. The summed E-state index contributed by atoms with van der Waals surface area (Å²) in [7, 11) is 0. The van der Waals surface area contributed by atoms with Gasteiger partial charge >= 0.3 is 0 Å². The number of nitrogens with zero attached hydrogens (tertiary/aromatic N) is 1. The molecule has 0 radical (unpaired) electrons. The van der Waals surface area contributed by atoms with Crippen molar-refractivity contribution in [2.24, 2.45) is 0 Å². The average molecular weight is 274 g/mol. The molecule has 0 aliphatic rings. The molecule has 1 amide bonds. The SMILES string of the molecule is CCCCOCC(O)CNC(C)C(=O)N(CC)CC. The standard InChI is InChI=1S/C14H30N2O3/c1-5-8-9-19-11-13(17)10-15-12(4)14(18)16(6-2)7-3/h12-13,15,17H,5-11H2,1-4H3. The molecule has 0 aliphatic carbocycles. The number of nitrogens with one attached hydrogen (secondary N) is 1. The molecule has 0 heterocycles. The molecule has 0 aliphatic heterocycles. The molecule has 19 heavy (non-hydrogen) atoms. The van der Waals surface area contributed by atoms with Crippen LogP contribution < -0.4 is 5.32 Å². The van der Waals surface area contributed by atoms with Crippen molar-refractivity contribution in [3.05, 3.63) is 0 Å². The Kier molecular flexibility index (Phi) is 10.8. The van der Waals surface area contributed by atoms with E-state index in [1.807, 2.05) is 20.8 Å². The summed E-state index contributed by atoms with van der Waals surface area (Å²) in [6.45, 7) is 10.7. The first-order valence-corrected chi connectivity index (χ1v) is 7.34. The molecule has 0 saturated heterocycles. The van der Waals surface area contributed by atoms with Gasteiger partial charge in [0, 0.05) is 26.2 Å². The lowest BCUT2D eigenvalue weighted by Crippen LogP contribution is -2.47. The van der Waals surface area contributed by atoms with Gasteiger partial charge in [0.15, 0.2) is 0 Å². The molecule has 2 unspecified atom stereocenters. The van der Waals surface area contributed by atoms with E-state index < -0.39 is 6.10 Å². The molecule has 2 atom stereocenters. The van der Waals surface area contributed by atoms with E-state index in [0.29, 0.717) is 32.8 Å². The van der Waals surface area contributed by atoms with Crippen LogP contribution in [0.15, 0.2) is 0 Å². The van der Waals surface area contributed by atoms with Crippen LogP contribution in [-0.4, -0.2) is 60.9 Å². The Morgan fingerprint density at radius 1 is 1.32 bits per heavy atom. The maximum absolute atomic E-state index is 12.0. The van der Waals surface area contributed by atoms with E-state index in [9.17, 15) is 9.90 Å². The maximum Gasteiger partial charge on any atom is 0.239 e. The number of unbranched alkanes of at least 4 members (excludes halogenated alkanes) is 1. The van der Waals surface area contributed by atoms with Crippen LogP contribution in [0.1, 0.15) is 40.5 Å². The van der Waals surface area contributed by atoms with E-state index in [2.05, 4.69) is 12.2 Å². The van der Waals surface area contributed by atoms with Crippen LogP contribution in [0.3, 0.4) is 0 Å². The number of likely N-dealkylation sites (N-methyl/N-ethyl adjacent to an activating group) is 1. The zero-order valence-electron chi connectivity index (χ0n) is 12.8. The third kappa shape index (κ3) is 8.18. The highest BCUT2D eigenvalue weighted by molar-refractivity contribution is 5.81. The van der Waals surface area contributed by atoms with Crippen LogP contribution in [0.5, 0.6) is 0 Å². The van der Waals surface area contributed by atoms with Crippen LogP contribution in [0.25, 0.3) is 0 Å². The van der Waals surface area contributed by atoms with Crippen molar-refractivity contribution in [3.63, 3.8) is 0 Å². The Balaban J connectivity index is 3.82. The first-order chi connectivity index (χ1) is 9.06. The Hall–Kier alpha value is -0.650. The van der Waals surface area contributed by atoms with Crippen molar-refractivity contribution >= 4 is 5.91 Å². The maximum atomic E-state index is 12.0. The van der Waals surface area contributed by atoms with Crippen LogP contribution in [0.2, 0.25) is 0 Å². The normalized spacial score (nSPS) is 14.2. The van der Waals surface area contributed by atoms with Crippen molar-refractivity contribution in [1.82, 2.24) is 10.2 Å². The van der Waals surface area contributed by atoms with Crippen molar-refractivity contribution < 1.29 is 14.6 Å². The predicted molar refractivity (Wildman–Crippen MR) is 77.1 cm³/mol. The number of amides is 1. The minimum absolute atomic E-state index is 0.0732. The molecule has 0 aromatic rings. The number of carbonyl (C=O) groups is 1. The van der Waals surface area contributed by atoms with Gasteiger partial charge in [-0.2, -0.15) is 0 Å². The summed E-state index contributed by atoms with van der Waals surface area (Å²) in [4.78, 5) is 13.7. The zero-order chi connectivity index (χ0) is 14.7. The molecule has 0 aromatic heterocycles. The number of rotatable bonds is 11. The van der Waals surface area contributed by atoms with E-state index in [0.717, 1.165) is 12.8 Å². The lowest BCUT2D eigenvalue weighted by Gasteiger charge is -2.24. The molecular formula is C14H30N2O3. The molecule has 0 fully saturated rings. The number of hydrogen-bond acceptors (Lipinski definition) is 4. The Labute approximate surface area is 117 Å². The summed E-state index contributed by atoms with van der Waals surface area (Å²) < 4.78 is 5.33. The molecule has 0 rings (SSSR count). The van der Waals surface area contributed by atoms with Gasteiger partial charge in [-0.05, 0) is 27.2 Å². The van der Waals surface area contributed by atoms with Gasteiger partial charge in [-0.3, -0.25) is 4.79 Å². The summed E-state index contributed by atoms with van der Waals surface area (Å²) in [5.74, 6) is 0.0732. The number of ether oxygens (including phenoxy) is 1. The molecule has 0 bridgehead atoms. The van der Waals surface area contributed by atoms with Gasteiger partial charge in [-0.15, -0.1) is 0 Å². The highest BCUT2D eigenvalue weighted by Gasteiger charge is 2.18. The summed E-state index contributed by atoms with van der Waals surface area (Å²) in [6, 6.07) is -0.273. The minimum atomic E-state index is -0.566. The number of hydrogen-bond donors (Lipinski definition) is 2. The zero-order valence-corrected chi connectivity index (χ0v) is 12.8. The van der Waals surface area contributed by atoms with E-state index in [4.69, 9.17) is 4.74 Å². The van der Waals surface area contributed by atoms with Crippen molar-refractivity contribution in [2.75, 3.05) is 32.8 Å². The van der Waals surface area contributed by atoms with E-state index in [1.165, 1.54) is 0 Å². The molecule has 5 heteroatoms. The van der Waals surface area contributed by atoms with Crippen molar-refractivity contribution in [3.8, 4) is 0 Å². The van der Waals surface area contributed by atoms with Gasteiger partial charge in [-0.1, -0.05) is 13.3 Å². The second kappa shape index (κ2) is 11.2. The Bertz CT molecular complexity index is 233. The molecule has 114 valence electrons. The first-order valence-electron chi connectivity index (χ1n) is 7.34. The lowest BCUT2D eigenvalue weighted by atomic mass is 10.2. The summed E-state index contributed by atoms with van der Waals surface area (Å²) in [5.41, 5.74) is 0. The third-order valence-corrected chi connectivity index (χ3v) is 3.06. The van der Waals surface area contributed by atoms with Gasteiger partial charge in [0.25, 0.3) is 0 Å². The summed E-state index contributed by atoms with van der Waals surface area (Å²) in [6.07, 6.45) is 1.53. The molecule has 5 nitrogen and oxygen atoms in total. The van der Waals surface area contributed by atoms with Gasteiger partial charge in [0.2, 0.25) is 5.91 Å². The topological polar surface area (TPSA) is 61.8 Å². The van der Waals surface area contributed by atoms with E-state index in [-0.39, 0.29) is 11.9 Å². The molecule has 0 aromatic carbocycles. The monoisotopic (exact) mass is 274 g/mol. The second-order valence-corrected chi connectivity index (χ2v) is 4.72. The molecular weight excluding hydrogens is 244 g/mol. The summed E-state index contributed by atoms with van der Waals surface area (Å²) in [5, 5.41) is 12.8. The average Bonchev–Trinajstić information content (AvgIpc) is 2.42. The smallest absolute Gasteiger partial charge is 0.239 e. The number of carbonyl (C=O) groups excluding carboxylic acids is 1. The minimum Gasteiger partial charge on any atom is -0.389 e. The number of aliphatic hydroxyl groups is 1. The van der Waals surface area contributed by atoms with Crippen LogP contribution in [0, 0.1) is 0 Å². The van der Waals surface area contributed by atoms with Gasteiger partial charge in [0.05, 0.1) is 18.8 Å². The Morgan fingerprint density at radius 2 is 1.95 bits per heavy atom. The second-order valence-electron chi connectivity index (χ2n) is 4.72. The summed E-state index contributed by atoms with van der Waals surface area (Å²) >= 11 is 0. The van der Waals surface area contributed by atoms with Crippen LogP contribution in [0.4, 0.5) is 0 Å². The highest BCUT2D eigenvalue weighted by Crippen LogP contribution is 1.96. The van der Waals surface area contributed by atoms with Crippen molar-refractivity contribution in [2.45, 2.75) is 52.7 Å². The van der Waals surface area contributed by atoms with Gasteiger partial charge in [-0.25, -0.2) is 0 Å². The van der Waals surface area contributed by atoms with Gasteiger partial charge < -0.3 is 20.1 Å². The molecule has 0 spiro atoms. The van der Waals surface area contributed by atoms with Crippen LogP contribution >= 0.6 is 0 Å². The highest BCUT2D eigenvalue weighted by atomic mass is 16.5. The first kappa shape index (κ1) is 18.4. The fourth-order valence-corrected chi connectivity index (χ4v) is 1.73. The fraction of sp³-hybridized carbons (Fsp3) is 0.929. The van der Waals surface area contributed by atoms with E-state index >= 15 is 0 Å². The fourth-order valence-electron chi connectivity index (χ4n) is 1.73. The predicted octanol–water partition coefficient (Wildman–Crippen LogP) is 1.01. The lowest BCUT2D eigenvalue weighted by molar-refractivity contribution is -0.132. The number of aliphatic hydroxyl groups excluding tert-OH is 1. The van der Waals surface area contributed by atoms with Crippen LogP contribution in [-0.2, 0) is 9.53 Å².